The first kappa shape index (κ1) is 15.3. The minimum atomic E-state index is -0.524. The van der Waals surface area contributed by atoms with E-state index in [0.717, 1.165) is 6.07 Å². The summed E-state index contributed by atoms with van der Waals surface area (Å²) < 4.78 is 26.1. The molecule has 1 saturated carbocycles. The SMILES string of the molecule is CN(Cc1cc(F)cc(F)c1)C(CN)C1CC1.Cl. The van der Waals surface area contributed by atoms with Crippen molar-refractivity contribution in [2.75, 3.05) is 13.6 Å². The monoisotopic (exact) mass is 276 g/mol. The summed E-state index contributed by atoms with van der Waals surface area (Å²) in [6.45, 7) is 1.13. The molecule has 2 rings (SSSR count). The van der Waals surface area contributed by atoms with Crippen LogP contribution in [0.3, 0.4) is 0 Å². The molecule has 1 fully saturated rings. The predicted octanol–water partition coefficient (Wildman–Crippen LogP) is 2.56. The van der Waals surface area contributed by atoms with E-state index in [1.54, 1.807) is 0 Å². The molecule has 1 aromatic rings. The van der Waals surface area contributed by atoms with Gasteiger partial charge in [-0.15, -0.1) is 12.4 Å². The number of likely N-dealkylation sites (N-methyl/N-ethyl adjacent to an activating group) is 1. The highest BCUT2D eigenvalue weighted by Crippen LogP contribution is 2.34. The molecule has 2 N–H and O–H groups in total. The zero-order chi connectivity index (χ0) is 12.4. The van der Waals surface area contributed by atoms with E-state index in [2.05, 4.69) is 4.90 Å². The van der Waals surface area contributed by atoms with Gasteiger partial charge in [0.15, 0.2) is 0 Å². The number of hydrogen-bond donors (Lipinski definition) is 1. The number of rotatable bonds is 5. The van der Waals surface area contributed by atoms with Gasteiger partial charge in [0.1, 0.15) is 11.6 Å². The summed E-state index contributed by atoms with van der Waals surface area (Å²) in [4.78, 5) is 2.09. The Kier molecular flexibility index (Phi) is 5.50. The topological polar surface area (TPSA) is 29.3 Å². The van der Waals surface area contributed by atoms with Crippen LogP contribution in [0.25, 0.3) is 0 Å². The maximum atomic E-state index is 13.0. The van der Waals surface area contributed by atoms with E-state index in [1.165, 1.54) is 25.0 Å². The molecule has 0 aromatic heterocycles. The third kappa shape index (κ3) is 3.90. The standard InChI is InChI=1S/C13H18F2N2.ClH/c1-17(13(7-16)10-2-3-10)8-9-4-11(14)6-12(15)5-9;/h4-6,10,13H,2-3,7-8,16H2,1H3;1H. The Labute approximate surface area is 113 Å². The Morgan fingerprint density at radius 1 is 1.28 bits per heavy atom. The molecule has 1 aliphatic rings. The lowest BCUT2D eigenvalue weighted by Crippen LogP contribution is -2.39. The summed E-state index contributed by atoms with van der Waals surface area (Å²) in [6, 6.07) is 3.96. The first-order valence-corrected chi connectivity index (χ1v) is 5.95. The molecule has 0 radical (unpaired) electrons. The summed E-state index contributed by atoms with van der Waals surface area (Å²) in [5.74, 6) is -0.392. The van der Waals surface area contributed by atoms with Gasteiger partial charge in [0.05, 0.1) is 0 Å². The third-order valence-electron chi connectivity index (χ3n) is 3.33. The Balaban J connectivity index is 0.00000162. The lowest BCUT2D eigenvalue weighted by molar-refractivity contribution is 0.215. The summed E-state index contributed by atoms with van der Waals surface area (Å²) in [5.41, 5.74) is 6.39. The summed E-state index contributed by atoms with van der Waals surface area (Å²) in [7, 11) is 1.96. The first-order chi connectivity index (χ1) is 8.10. The van der Waals surface area contributed by atoms with Crippen LogP contribution in [0, 0.1) is 17.6 Å². The Hall–Kier alpha value is -0.710. The van der Waals surface area contributed by atoms with Gasteiger partial charge < -0.3 is 5.73 Å². The van der Waals surface area contributed by atoms with E-state index >= 15 is 0 Å². The van der Waals surface area contributed by atoms with Crippen LogP contribution < -0.4 is 5.73 Å². The van der Waals surface area contributed by atoms with Gasteiger partial charge in [0.2, 0.25) is 0 Å². The maximum Gasteiger partial charge on any atom is 0.126 e. The van der Waals surface area contributed by atoms with Crippen LogP contribution in [0.5, 0.6) is 0 Å². The molecular formula is C13H19ClF2N2. The van der Waals surface area contributed by atoms with Crippen molar-refractivity contribution in [1.82, 2.24) is 4.90 Å². The first-order valence-electron chi connectivity index (χ1n) is 5.95. The molecule has 0 saturated heterocycles. The molecule has 0 heterocycles. The van der Waals surface area contributed by atoms with Gasteiger partial charge in [-0.05, 0) is 43.5 Å². The summed E-state index contributed by atoms with van der Waals surface area (Å²) in [5, 5.41) is 0. The molecule has 5 heteroatoms. The molecule has 2 nitrogen and oxygen atoms in total. The van der Waals surface area contributed by atoms with Crippen molar-refractivity contribution in [2.24, 2.45) is 11.7 Å². The van der Waals surface area contributed by atoms with E-state index in [-0.39, 0.29) is 12.4 Å². The molecule has 102 valence electrons. The average Bonchev–Trinajstić information content (AvgIpc) is 3.01. The van der Waals surface area contributed by atoms with Crippen molar-refractivity contribution in [1.29, 1.82) is 0 Å². The fourth-order valence-corrected chi connectivity index (χ4v) is 2.32. The lowest BCUT2D eigenvalue weighted by Gasteiger charge is -2.27. The van der Waals surface area contributed by atoms with Crippen LogP contribution in [0.4, 0.5) is 8.78 Å². The van der Waals surface area contributed by atoms with Gasteiger partial charge >= 0.3 is 0 Å². The van der Waals surface area contributed by atoms with E-state index in [4.69, 9.17) is 5.73 Å². The van der Waals surface area contributed by atoms with Crippen molar-refractivity contribution < 1.29 is 8.78 Å². The molecule has 1 unspecified atom stereocenters. The van der Waals surface area contributed by atoms with Gasteiger partial charge in [0, 0.05) is 25.2 Å². The molecule has 1 aromatic carbocycles. The van der Waals surface area contributed by atoms with Gasteiger partial charge in [0.25, 0.3) is 0 Å². The van der Waals surface area contributed by atoms with Gasteiger partial charge in [-0.25, -0.2) is 8.78 Å². The number of halogens is 3. The van der Waals surface area contributed by atoms with Crippen LogP contribution in [0.1, 0.15) is 18.4 Å². The zero-order valence-corrected chi connectivity index (χ0v) is 11.2. The Bertz CT molecular complexity index is 376. The van der Waals surface area contributed by atoms with Crippen molar-refractivity contribution in [3.05, 3.63) is 35.4 Å². The van der Waals surface area contributed by atoms with Crippen LogP contribution >= 0.6 is 12.4 Å². The summed E-state index contributed by atoms with van der Waals surface area (Å²) >= 11 is 0. The second kappa shape index (κ2) is 6.45. The number of hydrogen-bond acceptors (Lipinski definition) is 2. The molecule has 0 amide bonds. The van der Waals surface area contributed by atoms with Crippen molar-refractivity contribution >= 4 is 12.4 Å². The largest absolute Gasteiger partial charge is 0.329 e. The maximum absolute atomic E-state index is 13.0. The normalized spacial score (nSPS) is 16.5. The highest BCUT2D eigenvalue weighted by molar-refractivity contribution is 5.85. The molecule has 1 aliphatic carbocycles. The van der Waals surface area contributed by atoms with E-state index < -0.39 is 11.6 Å². The van der Waals surface area contributed by atoms with Crippen LogP contribution in [0.2, 0.25) is 0 Å². The average molecular weight is 277 g/mol. The van der Waals surface area contributed by atoms with Crippen molar-refractivity contribution in [3.8, 4) is 0 Å². The van der Waals surface area contributed by atoms with Crippen LogP contribution in [0.15, 0.2) is 18.2 Å². The van der Waals surface area contributed by atoms with Crippen molar-refractivity contribution in [3.63, 3.8) is 0 Å². The van der Waals surface area contributed by atoms with Crippen molar-refractivity contribution in [2.45, 2.75) is 25.4 Å². The van der Waals surface area contributed by atoms with Gasteiger partial charge in [-0.2, -0.15) is 0 Å². The number of nitrogens with two attached hydrogens (primary N) is 1. The number of benzene rings is 1. The molecule has 0 spiro atoms. The van der Waals surface area contributed by atoms with E-state index in [1.807, 2.05) is 7.05 Å². The number of nitrogens with zero attached hydrogens (tertiary/aromatic N) is 1. The molecule has 1 atom stereocenters. The quantitative estimate of drug-likeness (QED) is 0.896. The van der Waals surface area contributed by atoms with Gasteiger partial charge in [-0.1, -0.05) is 0 Å². The third-order valence-corrected chi connectivity index (χ3v) is 3.33. The fourth-order valence-electron chi connectivity index (χ4n) is 2.32. The molecule has 0 bridgehead atoms. The molecule has 18 heavy (non-hydrogen) atoms. The highest BCUT2D eigenvalue weighted by atomic mass is 35.5. The smallest absolute Gasteiger partial charge is 0.126 e. The molecular weight excluding hydrogens is 258 g/mol. The fraction of sp³-hybridized carbons (Fsp3) is 0.538. The Morgan fingerprint density at radius 3 is 2.28 bits per heavy atom. The van der Waals surface area contributed by atoms with Crippen LogP contribution in [-0.4, -0.2) is 24.5 Å². The second-order valence-electron chi connectivity index (χ2n) is 4.83. The predicted molar refractivity (Wildman–Crippen MR) is 70.6 cm³/mol. The van der Waals surface area contributed by atoms with E-state index in [0.29, 0.717) is 30.6 Å². The van der Waals surface area contributed by atoms with Gasteiger partial charge in [-0.3, -0.25) is 4.90 Å². The minimum Gasteiger partial charge on any atom is -0.329 e. The minimum absolute atomic E-state index is 0. The van der Waals surface area contributed by atoms with Crippen LogP contribution in [-0.2, 0) is 6.54 Å². The highest BCUT2D eigenvalue weighted by Gasteiger charge is 2.32. The second-order valence-corrected chi connectivity index (χ2v) is 4.83. The lowest BCUT2D eigenvalue weighted by atomic mass is 10.1. The Morgan fingerprint density at radius 2 is 1.83 bits per heavy atom. The molecule has 0 aliphatic heterocycles. The zero-order valence-electron chi connectivity index (χ0n) is 10.4. The summed E-state index contributed by atoms with van der Waals surface area (Å²) in [6.07, 6.45) is 2.42. The van der Waals surface area contributed by atoms with E-state index in [9.17, 15) is 8.78 Å².